The molecule has 2 N–H and O–H groups in total. The molecule has 1 amide bonds. The normalized spacial score (nSPS) is 19.9. The predicted molar refractivity (Wildman–Crippen MR) is 134 cm³/mol. The number of anilines is 1. The van der Waals surface area contributed by atoms with Crippen molar-refractivity contribution in [3.05, 3.63) is 53.0 Å². The molecule has 0 aliphatic carbocycles. The molecular weight excluding hydrogens is 521 g/mol. The van der Waals surface area contributed by atoms with E-state index in [9.17, 15) is 18.0 Å². The van der Waals surface area contributed by atoms with Crippen molar-refractivity contribution in [3.8, 4) is 17.2 Å². The number of amides is 1. The third kappa shape index (κ3) is 3.97. The lowest BCUT2D eigenvalue weighted by molar-refractivity contribution is -0.140. The topological polar surface area (TPSA) is 111 Å². The summed E-state index contributed by atoms with van der Waals surface area (Å²) in [5.74, 6) is 0.175. The van der Waals surface area contributed by atoms with Crippen molar-refractivity contribution < 1.29 is 27.1 Å². The number of benzene rings is 1. The van der Waals surface area contributed by atoms with Crippen LogP contribution in [0.2, 0.25) is 0 Å². The number of carbonyl (C=O) groups excluding carboxylic acids is 1. The average molecular weight is 545 g/mol. The molecule has 198 valence electrons. The zero-order valence-corrected chi connectivity index (χ0v) is 21.2. The summed E-state index contributed by atoms with van der Waals surface area (Å²) in [5.41, 5.74) is 5.59. The number of piperazine rings is 1. The van der Waals surface area contributed by atoms with Crippen molar-refractivity contribution in [3.63, 3.8) is 0 Å². The minimum absolute atomic E-state index is 0.00397. The van der Waals surface area contributed by atoms with E-state index in [1.54, 1.807) is 35.4 Å². The molecule has 6 rings (SSSR count). The summed E-state index contributed by atoms with van der Waals surface area (Å²) in [6.07, 6.45) is -2.02. The van der Waals surface area contributed by atoms with Gasteiger partial charge in [-0.15, -0.1) is 11.3 Å². The molecule has 2 aliphatic heterocycles. The van der Waals surface area contributed by atoms with Gasteiger partial charge in [-0.2, -0.15) is 13.2 Å². The van der Waals surface area contributed by atoms with Crippen LogP contribution in [-0.2, 0) is 6.18 Å². The Morgan fingerprint density at radius 2 is 2.03 bits per heavy atom. The van der Waals surface area contributed by atoms with Crippen molar-refractivity contribution in [1.29, 1.82) is 0 Å². The van der Waals surface area contributed by atoms with Crippen molar-refractivity contribution in [2.75, 3.05) is 25.1 Å². The third-order valence-electron chi connectivity index (χ3n) is 7.00. The molecule has 2 saturated heterocycles. The van der Waals surface area contributed by atoms with Crippen LogP contribution in [-0.4, -0.2) is 58.0 Å². The second-order valence-electron chi connectivity index (χ2n) is 9.39. The molecular formula is C25H23F3N6O3S. The number of nitrogens with two attached hydrogens (primary N) is 1. The molecule has 2 fully saturated rings. The molecule has 0 spiro atoms. The van der Waals surface area contributed by atoms with Crippen molar-refractivity contribution in [1.82, 2.24) is 19.9 Å². The number of methoxy groups -OCH3 is 1. The first-order valence-corrected chi connectivity index (χ1v) is 12.8. The summed E-state index contributed by atoms with van der Waals surface area (Å²) in [6, 6.07) is 4.83. The number of aromatic nitrogens is 3. The maximum atomic E-state index is 13.7. The number of hydrogen-bond donors (Lipinski definition) is 1. The van der Waals surface area contributed by atoms with Gasteiger partial charge in [0.1, 0.15) is 17.0 Å². The summed E-state index contributed by atoms with van der Waals surface area (Å²) < 4.78 is 51.2. The Hall–Kier alpha value is -3.71. The molecule has 13 heteroatoms. The van der Waals surface area contributed by atoms with Crippen molar-refractivity contribution >= 4 is 33.3 Å². The zero-order valence-electron chi connectivity index (χ0n) is 20.4. The number of hydrogen-bond acceptors (Lipinski definition) is 9. The fourth-order valence-electron chi connectivity index (χ4n) is 5.25. The van der Waals surface area contributed by atoms with E-state index in [0.717, 1.165) is 17.6 Å². The van der Waals surface area contributed by atoms with E-state index in [1.807, 2.05) is 5.38 Å². The third-order valence-corrected chi connectivity index (χ3v) is 7.81. The zero-order chi connectivity index (χ0) is 26.8. The Bertz CT molecular complexity index is 1520. The predicted octanol–water partition coefficient (Wildman–Crippen LogP) is 4.50. The Labute approximate surface area is 219 Å². The Morgan fingerprint density at radius 3 is 2.66 bits per heavy atom. The van der Waals surface area contributed by atoms with Gasteiger partial charge in [-0.05, 0) is 37.6 Å². The van der Waals surface area contributed by atoms with Gasteiger partial charge in [-0.25, -0.2) is 15.0 Å². The number of oxazole rings is 1. The Morgan fingerprint density at radius 1 is 1.21 bits per heavy atom. The molecule has 3 atom stereocenters. The highest BCUT2D eigenvalue weighted by atomic mass is 32.1. The lowest BCUT2D eigenvalue weighted by Gasteiger charge is -2.33. The first-order chi connectivity index (χ1) is 18.2. The van der Waals surface area contributed by atoms with Gasteiger partial charge in [0, 0.05) is 35.6 Å². The van der Waals surface area contributed by atoms with Crippen LogP contribution in [0.3, 0.4) is 0 Å². The number of halogens is 3. The number of thiazole rings is 1. The van der Waals surface area contributed by atoms with Gasteiger partial charge in [-0.3, -0.25) is 4.79 Å². The quantitative estimate of drug-likeness (QED) is 0.391. The number of likely N-dealkylation sites (tertiary alicyclic amines) is 1. The number of ether oxygens (including phenoxy) is 1. The van der Waals surface area contributed by atoms with Crippen LogP contribution in [0.25, 0.3) is 22.4 Å². The van der Waals surface area contributed by atoms with Crippen LogP contribution in [0.1, 0.15) is 41.3 Å². The Kier molecular flexibility index (Phi) is 5.80. The maximum absolute atomic E-state index is 13.7. The lowest BCUT2D eigenvalue weighted by Crippen LogP contribution is -2.49. The highest BCUT2D eigenvalue weighted by Crippen LogP contribution is 2.39. The average Bonchev–Trinajstić information content (AvgIpc) is 3.69. The molecule has 2 aliphatic rings. The molecule has 4 aromatic rings. The number of alkyl halides is 3. The number of fused-ring (bicyclic) bond motifs is 3. The fraction of sp³-hybridized carbons (Fsp3) is 0.360. The number of rotatable bonds is 5. The fourth-order valence-corrected chi connectivity index (χ4v) is 5.98. The first-order valence-electron chi connectivity index (χ1n) is 11.9. The molecule has 0 radical (unpaired) electrons. The van der Waals surface area contributed by atoms with Crippen molar-refractivity contribution in [2.45, 2.75) is 37.6 Å². The molecule has 38 heavy (non-hydrogen) atoms. The van der Waals surface area contributed by atoms with Crippen LogP contribution in [0, 0.1) is 0 Å². The molecule has 1 aromatic carbocycles. The van der Waals surface area contributed by atoms with Crippen molar-refractivity contribution in [2.24, 2.45) is 5.73 Å². The largest absolute Gasteiger partial charge is 0.494 e. The van der Waals surface area contributed by atoms with Gasteiger partial charge in [0.25, 0.3) is 5.91 Å². The Balaban J connectivity index is 1.36. The van der Waals surface area contributed by atoms with Crippen LogP contribution in [0.4, 0.5) is 18.3 Å². The first kappa shape index (κ1) is 24.6. The molecule has 5 heterocycles. The van der Waals surface area contributed by atoms with E-state index in [-0.39, 0.29) is 46.6 Å². The molecule has 0 unspecified atom stereocenters. The molecule has 2 bridgehead atoms. The van der Waals surface area contributed by atoms with Gasteiger partial charge in [0.15, 0.2) is 16.6 Å². The lowest BCUT2D eigenvalue weighted by atomic mass is 10.1. The SMILES string of the molecule is COc1ccc(-c2nc(C(=O)N3C[C@@H]4C[C@H]3CN4c3nccs3)c([C@H](C)N)o2)c2ccc(C(F)(F)F)nc12. The second kappa shape index (κ2) is 8.95. The van der Waals surface area contributed by atoms with E-state index in [2.05, 4.69) is 19.9 Å². The second-order valence-corrected chi connectivity index (χ2v) is 10.3. The van der Waals surface area contributed by atoms with E-state index in [1.165, 1.54) is 19.2 Å². The summed E-state index contributed by atoms with van der Waals surface area (Å²) >= 11 is 1.57. The van der Waals surface area contributed by atoms with Gasteiger partial charge in [0.05, 0.1) is 25.2 Å². The smallest absolute Gasteiger partial charge is 0.433 e. The highest BCUT2D eigenvalue weighted by Gasteiger charge is 2.47. The van der Waals surface area contributed by atoms with E-state index >= 15 is 0 Å². The number of nitrogens with zero attached hydrogens (tertiary/aromatic N) is 5. The van der Waals surface area contributed by atoms with E-state index < -0.39 is 17.9 Å². The number of pyridine rings is 1. The number of carbonyl (C=O) groups is 1. The summed E-state index contributed by atoms with van der Waals surface area (Å²) in [6.45, 7) is 2.89. The monoisotopic (exact) mass is 544 g/mol. The van der Waals surface area contributed by atoms with Crippen LogP contribution in [0.5, 0.6) is 5.75 Å². The maximum Gasteiger partial charge on any atom is 0.433 e. The van der Waals surface area contributed by atoms with Gasteiger partial charge >= 0.3 is 6.18 Å². The summed E-state index contributed by atoms with van der Waals surface area (Å²) in [4.78, 5) is 30.4. The van der Waals surface area contributed by atoms with Gasteiger partial charge < -0.3 is 24.7 Å². The summed E-state index contributed by atoms with van der Waals surface area (Å²) in [5, 5.41) is 3.21. The standard InChI is InChI=1S/C25H23F3N6O3S/c1-12(29)21-20(23(35)33-10-14-9-13(33)11-34(14)24-30-7-8-38-24)32-22(37-21)16-3-5-17(36-2)19-15(16)4-6-18(31-19)25(26,27)28/h3-8,12-14H,9-11,29H2,1-2H3/t12-,13-,14-/m0/s1. The van der Waals surface area contributed by atoms with E-state index in [0.29, 0.717) is 24.0 Å². The van der Waals surface area contributed by atoms with Gasteiger partial charge in [-0.1, -0.05) is 0 Å². The molecule has 0 saturated carbocycles. The highest BCUT2D eigenvalue weighted by molar-refractivity contribution is 7.13. The van der Waals surface area contributed by atoms with Crippen LogP contribution >= 0.6 is 11.3 Å². The van der Waals surface area contributed by atoms with E-state index in [4.69, 9.17) is 14.9 Å². The van der Waals surface area contributed by atoms with Crippen LogP contribution < -0.4 is 15.4 Å². The molecule has 9 nitrogen and oxygen atoms in total. The van der Waals surface area contributed by atoms with Gasteiger partial charge in [0.2, 0.25) is 5.89 Å². The molecule has 3 aromatic heterocycles. The summed E-state index contributed by atoms with van der Waals surface area (Å²) in [7, 11) is 1.35. The van der Waals surface area contributed by atoms with Crippen LogP contribution in [0.15, 0.2) is 40.3 Å². The minimum Gasteiger partial charge on any atom is -0.494 e. The minimum atomic E-state index is -4.62.